The first-order chi connectivity index (χ1) is 14.4. The van der Waals surface area contributed by atoms with Crippen LogP contribution in [0.5, 0.6) is 5.75 Å². The van der Waals surface area contributed by atoms with Crippen molar-refractivity contribution in [2.75, 3.05) is 38.3 Å². The van der Waals surface area contributed by atoms with E-state index in [2.05, 4.69) is 15.4 Å². The summed E-state index contributed by atoms with van der Waals surface area (Å²) in [5.41, 5.74) is 3.46. The van der Waals surface area contributed by atoms with Crippen molar-refractivity contribution in [2.45, 2.75) is 12.6 Å². The van der Waals surface area contributed by atoms with Crippen LogP contribution in [0, 0.1) is 0 Å². The maximum atomic E-state index is 12.8. The molecule has 1 aliphatic heterocycles. The number of hydrogen-bond acceptors (Lipinski definition) is 5. The fraction of sp³-hybridized carbons (Fsp3) is 0.333. The van der Waals surface area contributed by atoms with Crippen molar-refractivity contribution >= 4 is 17.8 Å². The Kier molecular flexibility index (Phi) is 6.94. The number of nitrogens with zero attached hydrogens (tertiary/aromatic N) is 2. The van der Waals surface area contributed by atoms with Gasteiger partial charge < -0.3 is 14.4 Å². The molecule has 1 aliphatic rings. The van der Waals surface area contributed by atoms with Crippen molar-refractivity contribution in [1.29, 1.82) is 0 Å². The fourth-order valence-corrected chi connectivity index (χ4v) is 3.08. The summed E-state index contributed by atoms with van der Waals surface area (Å²) in [5, 5.41) is 3.90. The van der Waals surface area contributed by atoms with E-state index >= 15 is 0 Å². The molecule has 1 amide bonds. The van der Waals surface area contributed by atoms with Gasteiger partial charge in [-0.05, 0) is 23.8 Å². The van der Waals surface area contributed by atoms with Gasteiger partial charge in [0.2, 0.25) is 5.91 Å². The third-order valence-electron chi connectivity index (χ3n) is 4.61. The number of carbonyl (C=O) groups is 1. The van der Waals surface area contributed by atoms with Gasteiger partial charge in [0.05, 0.1) is 38.5 Å². The number of morpholine rings is 1. The van der Waals surface area contributed by atoms with Crippen LogP contribution in [0.15, 0.2) is 47.6 Å². The first-order valence-electron chi connectivity index (χ1n) is 9.35. The van der Waals surface area contributed by atoms with Crippen molar-refractivity contribution in [2.24, 2.45) is 5.10 Å². The molecular formula is C21H22F3N3O3. The predicted octanol–water partition coefficient (Wildman–Crippen LogP) is 3.24. The standard InChI is InChI=1S/C21H22F3N3O3/c1-29-19-13-18(27-7-9-30-10-8-27)6-5-16(19)14-25-26-20(28)12-15-3-2-4-17(11-15)21(22,23)24/h2-6,11,13-14H,7-10,12H2,1H3,(H,26,28)/b25-14+. The van der Waals surface area contributed by atoms with E-state index in [0.29, 0.717) is 24.5 Å². The van der Waals surface area contributed by atoms with E-state index in [9.17, 15) is 18.0 Å². The molecule has 160 valence electrons. The van der Waals surface area contributed by atoms with Gasteiger partial charge in [0, 0.05) is 30.4 Å². The van der Waals surface area contributed by atoms with E-state index in [-0.39, 0.29) is 12.0 Å². The van der Waals surface area contributed by atoms with E-state index in [1.54, 1.807) is 7.11 Å². The molecule has 2 aromatic rings. The lowest BCUT2D eigenvalue weighted by Gasteiger charge is -2.29. The topological polar surface area (TPSA) is 63.2 Å². The first-order valence-corrected chi connectivity index (χ1v) is 9.35. The van der Waals surface area contributed by atoms with Gasteiger partial charge in [-0.2, -0.15) is 18.3 Å². The molecule has 0 unspecified atom stereocenters. The number of hydrogen-bond donors (Lipinski definition) is 1. The van der Waals surface area contributed by atoms with Crippen LogP contribution in [0.2, 0.25) is 0 Å². The second-order valence-electron chi connectivity index (χ2n) is 6.69. The first kappa shape index (κ1) is 21.6. The molecular weight excluding hydrogens is 399 g/mol. The third-order valence-corrected chi connectivity index (χ3v) is 4.61. The summed E-state index contributed by atoms with van der Waals surface area (Å²) >= 11 is 0. The largest absolute Gasteiger partial charge is 0.496 e. The van der Waals surface area contributed by atoms with E-state index in [0.717, 1.165) is 30.9 Å². The van der Waals surface area contributed by atoms with Crippen LogP contribution in [0.3, 0.4) is 0 Å². The van der Waals surface area contributed by atoms with Crippen molar-refractivity contribution in [1.82, 2.24) is 5.43 Å². The van der Waals surface area contributed by atoms with Crippen LogP contribution >= 0.6 is 0 Å². The van der Waals surface area contributed by atoms with Gasteiger partial charge in [-0.1, -0.05) is 18.2 Å². The summed E-state index contributed by atoms with van der Waals surface area (Å²) in [6.07, 6.45) is -3.23. The second kappa shape index (κ2) is 9.62. The van der Waals surface area contributed by atoms with Gasteiger partial charge in [-0.15, -0.1) is 0 Å². The van der Waals surface area contributed by atoms with Crippen molar-refractivity contribution in [3.8, 4) is 5.75 Å². The number of benzene rings is 2. The zero-order chi connectivity index (χ0) is 21.6. The number of rotatable bonds is 6. The van der Waals surface area contributed by atoms with Crippen LogP contribution in [0.25, 0.3) is 0 Å². The summed E-state index contributed by atoms with van der Waals surface area (Å²) < 4.78 is 49.1. The van der Waals surface area contributed by atoms with Crippen molar-refractivity contribution < 1.29 is 27.4 Å². The average molecular weight is 421 g/mol. The number of methoxy groups -OCH3 is 1. The zero-order valence-corrected chi connectivity index (χ0v) is 16.4. The van der Waals surface area contributed by atoms with Crippen LogP contribution in [-0.2, 0) is 22.1 Å². The maximum Gasteiger partial charge on any atom is 0.416 e. The molecule has 0 aromatic heterocycles. The highest BCUT2D eigenvalue weighted by molar-refractivity contribution is 5.86. The molecule has 0 atom stereocenters. The number of anilines is 1. The maximum absolute atomic E-state index is 12.8. The number of ether oxygens (including phenoxy) is 2. The highest BCUT2D eigenvalue weighted by Gasteiger charge is 2.30. The molecule has 0 saturated carbocycles. The highest BCUT2D eigenvalue weighted by Crippen LogP contribution is 2.29. The zero-order valence-electron chi connectivity index (χ0n) is 16.4. The van der Waals surface area contributed by atoms with Crippen LogP contribution in [0.1, 0.15) is 16.7 Å². The van der Waals surface area contributed by atoms with Crippen LogP contribution in [-0.4, -0.2) is 45.5 Å². The van der Waals surface area contributed by atoms with Gasteiger partial charge in [-0.25, -0.2) is 5.43 Å². The SMILES string of the molecule is COc1cc(N2CCOCC2)ccc1/C=N/NC(=O)Cc1cccc(C(F)(F)F)c1. The predicted molar refractivity (Wildman–Crippen MR) is 107 cm³/mol. The van der Waals surface area contributed by atoms with E-state index in [4.69, 9.17) is 9.47 Å². The third kappa shape index (κ3) is 5.73. The van der Waals surface area contributed by atoms with Gasteiger partial charge in [-0.3, -0.25) is 4.79 Å². The number of alkyl halides is 3. The van der Waals surface area contributed by atoms with E-state index < -0.39 is 17.6 Å². The molecule has 1 heterocycles. The Bertz CT molecular complexity index is 910. The average Bonchev–Trinajstić information content (AvgIpc) is 2.74. The van der Waals surface area contributed by atoms with Gasteiger partial charge in [0.15, 0.2) is 0 Å². The van der Waals surface area contributed by atoms with E-state index in [1.807, 2.05) is 18.2 Å². The Hall–Kier alpha value is -3.07. The molecule has 6 nitrogen and oxygen atoms in total. The Morgan fingerprint density at radius 3 is 2.70 bits per heavy atom. The molecule has 9 heteroatoms. The quantitative estimate of drug-likeness (QED) is 0.575. The van der Waals surface area contributed by atoms with E-state index in [1.165, 1.54) is 18.3 Å². The number of hydrazone groups is 1. The molecule has 0 radical (unpaired) electrons. The molecule has 0 bridgehead atoms. The van der Waals surface area contributed by atoms with Crippen molar-refractivity contribution in [3.05, 3.63) is 59.2 Å². The summed E-state index contributed by atoms with van der Waals surface area (Å²) in [7, 11) is 1.54. The van der Waals surface area contributed by atoms with Gasteiger partial charge in [0.25, 0.3) is 0 Å². The lowest BCUT2D eigenvalue weighted by atomic mass is 10.1. The lowest BCUT2D eigenvalue weighted by Crippen LogP contribution is -2.36. The Morgan fingerprint density at radius 1 is 1.23 bits per heavy atom. The molecule has 1 saturated heterocycles. The van der Waals surface area contributed by atoms with Crippen LogP contribution in [0.4, 0.5) is 18.9 Å². The Balaban J connectivity index is 1.61. The number of nitrogens with one attached hydrogen (secondary N) is 1. The molecule has 1 fully saturated rings. The summed E-state index contributed by atoms with van der Waals surface area (Å²) in [6.45, 7) is 2.93. The summed E-state index contributed by atoms with van der Waals surface area (Å²) in [4.78, 5) is 14.2. The van der Waals surface area contributed by atoms with Gasteiger partial charge in [0.1, 0.15) is 5.75 Å². The number of halogens is 3. The summed E-state index contributed by atoms with van der Waals surface area (Å²) in [5.74, 6) is 0.0735. The monoisotopic (exact) mass is 421 g/mol. The molecule has 1 N–H and O–H groups in total. The summed E-state index contributed by atoms with van der Waals surface area (Å²) in [6, 6.07) is 10.3. The molecule has 3 rings (SSSR count). The minimum atomic E-state index is -4.45. The normalized spacial score (nSPS) is 14.7. The molecule has 30 heavy (non-hydrogen) atoms. The van der Waals surface area contributed by atoms with Gasteiger partial charge >= 0.3 is 6.18 Å². The molecule has 0 aliphatic carbocycles. The smallest absolute Gasteiger partial charge is 0.416 e. The Morgan fingerprint density at radius 2 is 2.00 bits per heavy atom. The highest BCUT2D eigenvalue weighted by atomic mass is 19.4. The minimum absolute atomic E-state index is 0.214. The molecule has 2 aromatic carbocycles. The lowest BCUT2D eigenvalue weighted by molar-refractivity contribution is -0.137. The van der Waals surface area contributed by atoms with Crippen molar-refractivity contribution in [3.63, 3.8) is 0 Å². The number of amides is 1. The fourth-order valence-electron chi connectivity index (χ4n) is 3.08. The Labute approximate surface area is 172 Å². The second-order valence-corrected chi connectivity index (χ2v) is 6.69. The number of carbonyl (C=O) groups excluding carboxylic acids is 1. The molecule has 0 spiro atoms. The van der Waals surface area contributed by atoms with Crippen LogP contribution < -0.4 is 15.1 Å². The minimum Gasteiger partial charge on any atom is -0.496 e.